The summed E-state index contributed by atoms with van der Waals surface area (Å²) in [5.74, 6) is 1.33. The van der Waals surface area contributed by atoms with Crippen molar-refractivity contribution in [3.8, 4) is 5.75 Å². The van der Waals surface area contributed by atoms with Gasteiger partial charge in [-0.25, -0.2) is 4.79 Å². The molecule has 0 saturated heterocycles. The normalized spacial score (nSPS) is 17.6. The quantitative estimate of drug-likeness (QED) is 0.352. The summed E-state index contributed by atoms with van der Waals surface area (Å²) < 4.78 is 12.9. The van der Waals surface area contributed by atoms with Crippen LogP contribution in [0.15, 0.2) is 15.3 Å². The number of ether oxygens (including phenoxy) is 1. The summed E-state index contributed by atoms with van der Waals surface area (Å²) in [6.07, 6.45) is 0. The van der Waals surface area contributed by atoms with Gasteiger partial charge in [0.15, 0.2) is 0 Å². The largest absolute Gasteiger partial charge is 0.492 e. The van der Waals surface area contributed by atoms with Crippen molar-refractivity contribution >= 4 is 56.2 Å². The number of rotatable bonds is 1. The van der Waals surface area contributed by atoms with E-state index < -0.39 is 0 Å². The van der Waals surface area contributed by atoms with Gasteiger partial charge >= 0.3 is 5.63 Å². The molecular weight excluding hydrogens is 470 g/mol. The molecule has 100 valence electrons. The average molecular weight is 482 g/mol. The number of halogens is 2. The van der Waals surface area contributed by atoms with Crippen LogP contribution in [-0.4, -0.2) is 11.0 Å². The molecule has 1 unspecified atom stereocenters. The predicted octanol–water partition coefficient (Wildman–Crippen LogP) is 3.93. The van der Waals surface area contributed by atoms with E-state index in [0.29, 0.717) is 15.1 Å². The van der Waals surface area contributed by atoms with Gasteiger partial charge in [0.25, 0.3) is 0 Å². The highest BCUT2D eigenvalue weighted by Crippen LogP contribution is 2.42. The molecular formula is C14H12I2O3. The van der Waals surface area contributed by atoms with E-state index in [4.69, 9.17) is 9.15 Å². The minimum Gasteiger partial charge on any atom is -0.492 e. The molecule has 0 amide bonds. The van der Waals surface area contributed by atoms with Crippen molar-refractivity contribution < 1.29 is 9.15 Å². The summed E-state index contributed by atoms with van der Waals surface area (Å²) in [7, 11) is 0. The topological polar surface area (TPSA) is 39.4 Å². The fourth-order valence-electron chi connectivity index (χ4n) is 2.52. The molecule has 5 heteroatoms. The van der Waals surface area contributed by atoms with Gasteiger partial charge in [-0.1, -0.05) is 22.6 Å². The van der Waals surface area contributed by atoms with Gasteiger partial charge in [-0.05, 0) is 48.1 Å². The molecule has 0 spiro atoms. The number of aryl methyl sites for hydroxylation is 2. The zero-order chi connectivity index (χ0) is 13.7. The van der Waals surface area contributed by atoms with Gasteiger partial charge in [0.05, 0.1) is 6.61 Å². The van der Waals surface area contributed by atoms with Gasteiger partial charge in [-0.2, -0.15) is 0 Å². The third-order valence-corrected chi connectivity index (χ3v) is 5.96. The Balaban J connectivity index is 2.43. The van der Waals surface area contributed by atoms with Gasteiger partial charge < -0.3 is 9.15 Å². The van der Waals surface area contributed by atoms with E-state index in [0.717, 1.165) is 33.3 Å². The first kappa shape index (κ1) is 13.7. The Morgan fingerprint density at radius 3 is 2.79 bits per heavy atom. The lowest BCUT2D eigenvalue weighted by molar-refractivity contribution is 0.337. The van der Waals surface area contributed by atoms with Gasteiger partial charge in [0.1, 0.15) is 14.9 Å². The second kappa shape index (κ2) is 4.91. The second-order valence-electron chi connectivity index (χ2n) is 4.79. The van der Waals surface area contributed by atoms with Crippen LogP contribution < -0.4 is 10.4 Å². The average Bonchev–Trinajstić information content (AvgIpc) is 2.81. The van der Waals surface area contributed by atoms with E-state index in [1.807, 2.05) is 13.8 Å². The zero-order valence-corrected chi connectivity index (χ0v) is 14.9. The van der Waals surface area contributed by atoms with Gasteiger partial charge in [-0.15, -0.1) is 0 Å². The summed E-state index contributed by atoms with van der Waals surface area (Å²) in [6, 6.07) is 2.13. The van der Waals surface area contributed by atoms with Crippen LogP contribution in [0.25, 0.3) is 11.0 Å². The van der Waals surface area contributed by atoms with Crippen molar-refractivity contribution in [1.29, 1.82) is 0 Å². The molecule has 1 aliphatic rings. The molecule has 0 saturated carbocycles. The second-order valence-corrected chi connectivity index (χ2v) is 6.75. The van der Waals surface area contributed by atoms with E-state index in [1.54, 1.807) is 0 Å². The first-order chi connectivity index (χ1) is 9.04. The summed E-state index contributed by atoms with van der Waals surface area (Å²) in [4.78, 5) is 11.8. The molecule has 1 aromatic heterocycles. The number of hydrogen-bond acceptors (Lipinski definition) is 3. The Kier molecular flexibility index (Phi) is 3.53. The molecule has 3 rings (SSSR count). The molecule has 0 radical (unpaired) electrons. The van der Waals surface area contributed by atoms with Crippen molar-refractivity contribution in [1.82, 2.24) is 0 Å². The molecule has 2 aromatic rings. The Bertz CT molecular complexity index is 734. The summed E-state index contributed by atoms with van der Waals surface area (Å²) in [6.45, 7) is 4.66. The lowest BCUT2D eigenvalue weighted by Crippen LogP contribution is -2.07. The molecule has 0 N–H and O–H groups in total. The molecule has 0 bridgehead atoms. The van der Waals surface area contributed by atoms with Gasteiger partial charge in [0, 0.05) is 26.9 Å². The molecule has 1 atom stereocenters. The van der Waals surface area contributed by atoms with E-state index >= 15 is 0 Å². The van der Waals surface area contributed by atoms with Crippen LogP contribution >= 0.6 is 45.2 Å². The van der Waals surface area contributed by atoms with Gasteiger partial charge in [0.2, 0.25) is 0 Å². The smallest absolute Gasteiger partial charge is 0.350 e. The first-order valence-electron chi connectivity index (χ1n) is 5.99. The van der Waals surface area contributed by atoms with Crippen LogP contribution in [0.1, 0.15) is 22.6 Å². The Labute approximate surface area is 138 Å². The standard InChI is InChI=1S/C14H12I2O3/c1-6-9-3-10-8(4-15)5-18-12(10)7(2)13(9)19-14(17)11(6)16/h3,8H,4-5H2,1-2H3. The first-order valence-corrected chi connectivity index (χ1v) is 8.60. The third kappa shape index (κ3) is 2.00. The van der Waals surface area contributed by atoms with Crippen LogP contribution in [0.2, 0.25) is 0 Å². The lowest BCUT2D eigenvalue weighted by atomic mass is 9.97. The molecule has 2 heterocycles. The van der Waals surface area contributed by atoms with E-state index in [1.165, 1.54) is 5.56 Å². The molecule has 3 nitrogen and oxygen atoms in total. The Hall–Kier alpha value is -0.310. The van der Waals surface area contributed by atoms with Crippen molar-refractivity contribution in [2.75, 3.05) is 11.0 Å². The molecule has 19 heavy (non-hydrogen) atoms. The molecule has 1 aromatic carbocycles. The fourth-order valence-corrected chi connectivity index (χ4v) is 3.65. The summed E-state index contributed by atoms with van der Waals surface area (Å²) in [5, 5.41) is 1.03. The monoisotopic (exact) mass is 482 g/mol. The number of benzene rings is 1. The number of fused-ring (bicyclic) bond motifs is 2. The van der Waals surface area contributed by atoms with Crippen LogP contribution in [0.4, 0.5) is 0 Å². The maximum atomic E-state index is 11.8. The highest BCUT2D eigenvalue weighted by atomic mass is 127. The fraction of sp³-hybridized carbons (Fsp3) is 0.357. The van der Waals surface area contributed by atoms with Gasteiger partial charge in [-0.3, -0.25) is 0 Å². The highest BCUT2D eigenvalue weighted by molar-refractivity contribution is 14.1. The summed E-state index contributed by atoms with van der Waals surface area (Å²) in [5.41, 5.74) is 3.58. The van der Waals surface area contributed by atoms with Crippen LogP contribution in [-0.2, 0) is 0 Å². The lowest BCUT2D eigenvalue weighted by Gasteiger charge is -2.11. The Morgan fingerprint density at radius 2 is 2.11 bits per heavy atom. The number of hydrogen-bond donors (Lipinski definition) is 0. The third-order valence-electron chi connectivity index (χ3n) is 3.65. The predicted molar refractivity (Wildman–Crippen MR) is 91.8 cm³/mol. The maximum Gasteiger partial charge on any atom is 0.350 e. The van der Waals surface area contributed by atoms with Crippen LogP contribution in [0, 0.1) is 17.4 Å². The minimum absolute atomic E-state index is 0.267. The van der Waals surface area contributed by atoms with Crippen molar-refractivity contribution in [2.45, 2.75) is 19.8 Å². The van der Waals surface area contributed by atoms with Crippen molar-refractivity contribution in [2.24, 2.45) is 0 Å². The SMILES string of the molecule is Cc1c(I)c(=O)oc2c(C)c3c(cc12)C(CI)CO3. The van der Waals surface area contributed by atoms with Crippen LogP contribution in [0.5, 0.6) is 5.75 Å². The molecule has 0 fully saturated rings. The van der Waals surface area contributed by atoms with E-state index in [9.17, 15) is 4.79 Å². The maximum absolute atomic E-state index is 11.8. The van der Waals surface area contributed by atoms with Crippen molar-refractivity contribution in [3.63, 3.8) is 0 Å². The van der Waals surface area contributed by atoms with E-state index in [-0.39, 0.29) is 5.63 Å². The number of alkyl halides is 1. The zero-order valence-electron chi connectivity index (χ0n) is 10.5. The summed E-state index contributed by atoms with van der Waals surface area (Å²) >= 11 is 4.44. The van der Waals surface area contributed by atoms with Crippen molar-refractivity contribution in [3.05, 3.63) is 36.7 Å². The van der Waals surface area contributed by atoms with Crippen LogP contribution in [0.3, 0.4) is 0 Å². The molecule has 0 aliphatic carbocycles. The minimum atomic E-state index is -0.267. The highest BCUT2D eigenvalue weighted by Gasteiger charge is 2.27. The van der Waals surface area contributed by atoms with E-state index in [2.05, 4.69) is 51.2 Å². The molecule has 1 aliphatic heterocycles. The Morgan fingerprint density at radius 1 is 1.37 bits per heavy atom.